The van der Waals surface area contributed by atoms with Gasteiger partial charge in [0.2, 0.25) is 11.8 Å². The number of ether oxygens (including phenoxy) is 1. The van der Waals surface area contributed by atoms with E-state index in [0.717, 1.165) is 113 Å². The number of aryl methyl sites for hydroxylation is 1. The number of aromatic nitrogens is 2. The van der Waals surface area contributed by atoms with Crippen LogP contribution in [0.3, 0.4) is 0 Å². The van der Waals surface area contributed by atoms with Gasteiger partial charge in [-0.15, -0.1) is 0 Å². The van der Waals surface area contributed by atoms with Gasteiger partial charge in [-0.2, -0.15) is 0 Å². The van der Waals surface area contributed by atoms with Crippen LogP contribution in [0.5, 0.6) is 0 Å². The van der Waals surface area contributed by atoms with Gasteiger partial charge in [-0.05, 0) is 133 Å². The van der Waals surface area contributed by atoms with Crippen LogP contribution in [0, 0.1) is 16.7 Å². The predicted molar refractivity (Wildman–Crippen MR) is 338 cm³/mol. The molecule has 1 aliphatic carbocycles. The first-order chi connectivity index (χ1) is 41.7. The molecule has 13 rings (SSSR count). The molecule has 3 amide bonds. The van der Waals surface area contributed by atoms with E-state index in [1.165, 1.54) is 5.56 Å². The van der Waals surface area contributed by atoms with Gasteiger partial charge in [-0.3, -0.25) is 39.0 Å². The first-order valence-corrected chi connectivity index (χ1v) is 31.9. The maximum atomic E-state index is 15.6. The number of carbonyl (C=O) groups is 4. The number of hydrogen-bond donors (Lipinski definition) is 2. The van der Waals surface area contributed by atoms with Crippen LogP contribution < -0.4 is 10.7 Å². The number of fused-ring (bicyclic) bond motifs is 6. The van der Waals surface area contributed by atoms with Crippen LogP contribution in [0.4, 0.5) is 0 Å². The number of likely N-dealkylation sites (tertiary alicyclic amines) is 2. The third kappa shape index (κ3) is 10.9. The monoisotopic (exact) mass is 1150 g/mol. The SMILES string of the molecule is CCn1c(-c2cccnc2C(C)C)c2c3cc(ccc31)-c1cccc(c1)C[C@H](NC(=O)[C@H](C1CCCC1)N1CC[C@]3(CCN(C(=O)[C@H]4CN4C(c4ccccc4)(c4ccccc4)c4ccccc4)C3)C1)C(=O)N1CCC[C@H](N1)C(=O)OCC(C)(C)C2. The number of benzene rings is 5. The van der Waals surface area contributed by atoms with Crippen LogP contribution >= 0.6 is 0 Å². The summed E-state index contributed by atoms with van der Waals surface area (Å²) < 4.78 is 8.69. The minimum atomic E-state index is -0.918. The van der Waals surface area contributed by atoms with Crippen molar-refractivity contribution >= 4 is 34.6 Å². The van der Waals surface area contributed by atoms with Crippen LogP contribution in [-0.2, 0) is 48.8 Å². The van der Waals surface area contributed by atoms with Gasteiger partial charge in [0.1, 0.15) is 18.1 Å². The van der Waals surface area contributed by atoms with Crippen LogP contribution in [0.25, 0.3) is 33.3 Å². The summed E-state index contributed by atoms with van der Waals surface area (Å²) in [4.78, 5) is 71.9. The quantitative estimate of drug-likeness (QED) is 0.0697. The first-order valence-electron chi connectivity index (χ1n) is 31.9. The number of nitrogens with zero attached hydrogens (tertiary/aromatic N) is 6. The number of rotatable bonds is 12. The maximum Gasteiger partial charge on any atom is 0.324 e. The van der Waals surface area contributed by atoms with E-state index < -0.39 is 29.1 Å². The lowest BCUT2D eigenvalue weighted by Gasteiger charge is -2.38. The van der Waals surface area contributed by atoms with Crippen molar-refractivity contribution < 1.29 is 23.9 Å². The lowest BCUT2D eigenvalue weighted by molar-refractivity contribution is -0.155. The summed E-state index contributed by atoms with van der Waals surface area (Å²) >= 11 is 0. The van der Waals surface area contributed by atoms with Crippen molar-refractivity contribution in [1.29, 1.82) is 0 Å². The van der Waals surface area contributed by atoms with E-state index in [-0.39, 0.29) is 60.0 Å². The average molecular weight is 1150 g/mol. The number of hydrogen-bond acceptors (Lipinski definition) is 9. The normalized spacial score (nSPS) is 24.1. The Morgan fingerprint density at radius 2 is 1.45 bits per heavy atom. The van der Waals surface area contributed by atoms with Gasteiger partial charge in [-0.1, -0.05) is 162 Å². The van der Waals surface area contributed by atoms with E-state index in [0.29, 0.717) is 52.0 Å². The van der Waals surface area contributed by atoms with Gasteiger partial charge in [0.15, 0.2) is 0 Å². The Morgan fingerprint density at radius 3 is 2.14 bits per heavy atom. The number of hydrazine groups is 1. The molecule has 5 aromatic carbocycles. The van der Waals surface area contributed by atoms with E-state index in [2.05, 4.69) is 204 Å². The lowest BCUT2D eigenvalue weighted by Crippen LogP contribution is -2.62. The standard InChI is InChI=1S/C73H84N8O5/c1-6-79-62-34-33-53-43-58(62)59(66(79)57-31-19-37-74-64(57)49(2)3)44-71(4,5)48-86-70(85)60-32-20-38-81(76-60)68(83)61(42-50-21-18-24-52(53)41-50)75-67(82)65(51-22-16-17-23-51)77-39-35-72(46-77)36-40-78(47-72)69(84)63-45-80(63)73(54-25-10-7-11-26-54,55-27-12-8-13-28-55)56-29-14-9-15-30-56/h7-15,18-19,21,24-31,33-34,37,41,43,49,51,60-61,63,65,76H,6,16-17,20,22-23,32,35-36,38-40,42,44-48H2,1-5H3,(H,75,82)/t60-,61-,63+,65-,72-,80?/m0/s1. The highest BCUT2D eigenvalue weighted by molar-refractivity contribution is 5.96. The Bertz CT molecular complexity index is 3540. The number of esters is 1. The van der Waals surface area contributed by atoms with E-state index in [9.17, 15) is 4.79 Å². The summed E-state index contributed by atoms with van der Waals surface area (Å²) in [6.45, 7) is 15.7. The number of nitrogens with one attached hydrogen (secondary N) is 2. The Hall–Kier alpha value is -7.45. The molecule has 5 fully saturated rings. The van der Waals surface area contributed by atoms with E-state index >= 15 is 14.4 Å². The second-order valence-electron chi connectivity index (χ2n) is 26.8. The highest BCUT2D eigenvalue weighted by Gasteiger charge is 2.58. The van der Waals surface area contributed by atoms with Gasteiger partial charge in [0.25, 0.3) is 5.91 Å². The third-order valence-electron chi connectivity index (χ3n) is 20.1. The molecule has 13 heteroatoms. The summed E-state index contributed by atoms with van der Waals surface area (Å²) in [5, 5.41) is 6.14. The summed E-state index contributed by atoms with van der Waals surface area (Å²) in [5.74, 6) is -0.261. The summed E-state index contributed by atoms with van der Waals surface area (Å²) in [7, 11) is 0. The number of carbonyl (C=O) groups excluding carboxylic acids is 4. The topological polar surface area (TPSA) is 132 Å². The molecule has 86 heavy (non-hydrogen) atoms. The molecule has 5 aliphatic heterocycles. The molecule has 4 saturated heterocycles. The van der Waals surface area contributed by atoms with Crippen molar-refractivity contribution in [2.24, 2.45) is 16.7 Å². The summed E-state index contributed by atoms with van der Waals surface area (Å²) in [6.07, 6.45) is 9.71. The zero-order valence-electron chi connectivity index (χ0n) is 50.9. The van der Waals surface area contributed by atoms with Crippen LogP contribution in [0.2, 0.25) is 0 Å². The van der Waals surface area contributed by atoms with Crippen molar-refractivity contribution in [3.8, 4) is 22.4 Å². The molecule has 2 aromatic heterocycles. The zero-order valence-corrected chi connectivity index (χ0v) is 50.9. The number of cyclic esters (lactones) is 1. The zero-order chi connectivity index (χ0) is 59.3. The molecule has 1 saturated carbocycles. The van der Waals surface area contributed by atoms with Crippen LogP contribution in [-0.4, -0.2) is 123 Å². The Balaban J connectivity index is 0.783. The Morgan fingerprint density at radius 1 is 0.767 bits per heavy atom. The molecule has 446 valence electrons. The van der Waals surface area contributed by atoms with Crippen molar-refractivity contribution in [2.75, 3.05) is 45.9 Å². The minimum Gasteiger partial charge on any atom is -0.464 e. The summed E-state index contributed by atoms with van der Waals surface area (Å²) in [5.41, 5.74) is 14.1. The molecule has 6 bridgehead atoms. The Kier molecular flexibility index (Phi) is 15.9. The molecule has 6 atom stereocenters. The van der Waals surface area contributed by atoms with Gasteiger partial charge in [-0.25, -0.2) is 5.43 Å². The second kappa shape index (κ2) is 23.7. The molecular formula is C73H84N8O5. The van der Waals surface area contributed by atoms with Gasteiger partial charge in [0.05, 0.1) is 29.6 Å². The fraction of sp³-hybridized carbons (Fsp3) is 0.438. The van der Waals surface area contributed by atoms with Crippen molar-refractivity contribution in [3.63, 3.8) is 0 Å². The lowest BCUT2D eigenvalue weighted by atomic mass is 9.76. The molecule has 0 radical (unpaired) electrons. The molecule has 1 unspecified atom stereocenters. The molecule has 7 heterocycles. The van der Waals surface area contributed by atoms with Gasteiger partial charge >= 0.3 is 5.97 Å². The summed E-state index contributed by atoms with van der Waals surface area (Å²) in [6, 6.07) is 48.9. The molecule has 1 spiro atoms. The predicted octanol–water partition coefficient (Wildman–Crippen LogP) is 11.3. The van der Waals surface area contributed by atoms with E-state index in [1.807, 2.05) is 12.3 Å². The van der Waals surface area contributed by atoms with E-state index in [4.69, 9.17) is 9.72 Å². The number of amides is 3. The highest BCUT2D eigenvalue weighted by atomic mass is 16.5. The molecule has 13 nitrogen and oxygen atoms in total. The first kappa shape index (κ1) is 57.6. The van der Waals surface area contributed by atoms with Crippen molar-refractivity contribution in [1.82, 2.24) is 40.0 Å². The fourth-order valence-electron chi connectivity index (χ4n) is 15.8. The van der Waals surface area contributed by atoms with Crippen molar-refractivity contribution in [3.05, 3.63) is 185 Å². The molecule has 7 aromatic rings. The molecule has 6 aliphatic rings. The maximum absolute atomic E-state index is 15.6. The smallest absolute Gasteiger partial charge is 0.324 e. The van der Waals surface area contributed by atoms with Gasteiger partial charge < -0.3 is 19.5 Å². The van der Waals surface area contributed by atoms with Crippen molar-refractivity contribution in [2.45, 2.75) is 141 Å². The largest absolute Gasteiger partial charge is 0.464 e. The average Bonchev–Trinajstić information content (AvgIpc) is 1.60. The van der Waals surface area contributed by atoms with E-state index in [1.54, 1.807) is 5.01 Å². The van der Waals surface area contributed by atoms with Crippen LogP contribution in [0.15, 0.2) is 152 Å². The minimum absolute atomic E-state index is 0.122. The Labute approximate surface area is 507 Å². The highest BCUT2D eigenvalue weighted by Crippen LogP contribution is 2.50. The second-order valence-corrected chi connectivity index (χ2v) is 26.8. The molecular weight excluding hydrogens is 1070 g/mol. The van der Waals surface area contributed by atoms with Crippen LogP contribution in [0.1, 0.15) is 125 Å². The third-order valence-corrected chi connectivity index (χ3v) is 20.1. The molecule has 2 N–H and O–H groups in total. The number of pyridine rings is 1. The van der Waals surface area contributed by atoms with Gasteiger partial charge in [0, 0.05) is 79.2 Å². The fourth-order valence-corrected chi connectivity index (χ4v) is 15.8.